The summed E-state index contributed by atoms with van der Waals surface area (Å²) in [5, 5.41) is 12.9. The Morgan fingerprint density at radius 1 is 0.881 bits per heavy atom. The van der Waals surface area contributed by atoms with Crippen molar-refractivity contribution in [1.29, 1.82) is 0 Å². The average molecular weight is 759 g/mol. The maximum absolute atomic E-state index is 11.1. The number of aliphatic hydroxyl groups excluding tert-OH is 1. The molecule has 1 heterocycles. The molecule has 4 aromatic rings. The molecule has 42 heavy (non-hydrogen) atoms. The van der Waals surface area contributed by atoms with Crippen LogP contribution in [-0.4, -0.2) is 23.9 Å². The molecule has 0 aliphatic carbocycles. The van der Waals surface area contributed by atoms with Gasteiger partial charge >= 0.3 is 0 Å². The largest absolute Gasteiger partial charge is 0.512 e. The van der Waals surface area contributed by atoms with E-state index in [1.165, 1.54) is 28.8 Å². The Hall–Kier alpha value is -2.59. The van der Waals surface area contributed by atoms with Gasteiger partial charge in [-0.25, -0.2) is 0 Å². The molecule has 0 fully saturated rings. The van der Waals surface area contributed by atoms with E-state index in [1.807, 2.05) is 0 Å². The van der Waals surface area contributed by atoms with Crippen molar-refractivity contribution in [2.24, 2.45) is 5.41 Å². The smallest absolute Gasteiger partial charge is 0.158 e. The summed E-state index contributed by atoms with van der Waals surface area (Å²) in [7, 11) is -1.28. The minimum Gasteiger partial charge on any atom is -0.512 e. The molecule has 3 nitrogen and oxygen atoms in total. The summed E-state index contributed by atoms with van der Waals surface area (Å²) in [6, 6.07) is 26.1. The first-order valence-corrected chi connectivity index (χ1v) is 18.3. The minimum atomic E-state index is -1.28. The maximum Gasteiger partial charge on any atom is 0.158 e. The van der Waals surface area contributed by atoms with Gasteiger partial charge in [0.25, 0.3) is 0 Å². The second-order valence-electron chi connectivity index (χ2n) is 14.7. The van der Waals surface area contributed by atoms with Gasteiger partial charge in [-0.3, -0.25) is 9.78 Å². The molecule has 0 amide bonds. The van der Waals surface area contributed by atoms with E-state index < -0.39 is 8.07 Å². The van der Waals surface area contributed by atoms with Crippen molar-refractivity contribution in [3.05, 3.63) is 89.2 Å². The first-order valence-electron chi connectivity index (χ1n) is 14.6. The first-order chi connectivity index (χ1) is 18.9. The van der Waals surface area contributed by atoms with Crippen molar-refractivity contribution < 1.29 is 30.0 Å². The zero-order valence-corrected chi connectivity index (χ0v) is 30.7. The van der Waals surface area contributed by atoms with Crippen molar-refractivity contribution in [2.45, 2.75) is 92.9 Å². The summed E-state index contributed by atoms with van der Waals surface area (Å²) >= 11 is 0. The van der Waals surface area contributed by atoms with Crippen LogP contribution in [0.2, 0.25) is 25.7 Å². The second kappa shape index (κ2) is 13.8. The van der Waals surface area contributed by atoms with Gasteiger partial charge in [-0.15, -0.1) is 29.1 Å². The van der Waals surface area contributed by atoms with E-state index >= 15 is 0 Å². The van der Waals surface area contributed by atoms with Crippen molar-refractivity contribution in [3.63, 3.8) is 0 Å². The fourth-order valence-electron chi connectivity index (χ4n) is 5.12. The summed E-state index contributed by atoms with van der Waals surface area (Å²) in [5.41, 5.74) is 6.73. The van der Waals surface area contributed by atoms with Crippen LogP contribution in [0.5, 0.6) is 0 Å². The van der Waals surface area contributed by atoms with Crippen LogP contribution in [0.4, 0.5) is 0 Å². The predicted molar refractivity (Wildman–Crippen MR) is 180 cm³/mol. The Balaban J connectivity index is 0.000000405. The van der Waals surface area contributed by atoms with Gasteiger partial charge in [-0.05, 0) is 48.8 Å². The number of allylic oxidation sites excluding steroid dienone is 2. The molecule has 0 spiro atoms. The Morgan fingerprint density at radius 2 is 1.52 bits per heavy atom. The number of aliphatic hydroxyl groups is 1. The number of hydrogen-bond donors (Lipinski definition) is 1. The molecule has 0 saturated carbocycles. The third-order valence-electron chi connectivity index (χ3n) is 6.97. The van der Waals surface area contributed by atoms with Crippen LogP contribution in [0.1, 0.15) is 66.5 Å². The van der Waals surface area contributed by atoms with Gasteiger partial charge in [0.2, 0.25) is 0 Å². The molecule has 0 unspecified atom stereocenters. The molecule has 0 aliphatic heterocycles. The number of ketones is 1. The molecule has 1 radical (unpaired) electrons. The average Bonchev–Trinajstić information content (AvgIpc) is 2.84. The minimum absolute atomic E-state index is 0. The Bertz CT molecular complexity index is 1580. The fraction of sp³-hybridized carbons (Fsp3) is 0.405. The van der Waals surface area contributed by atoms with Gasteiger partial charge in [0.1, 0.15) is 0 Å². The van der Waals surface area contributed by atoms with Gasteiger partial charge in [0.05, 0.1) is 11.3 Å². The normalized spacial score (nSPS) is 12.7. The molecule has 1 aromatic heterocycles. The number of Topliss-reactive ketones (excluding diaryl/α,β-unsaturated/α-hetero) is 1. The molecule has 0 atom stereocenters. The van der Waals surface area contributed by atoms with Gasteiger partial charge in [-0.2, -0.15) is 0 Å². The molecule has 0 aliphatic rings. The number of benzene rings is 3. The Kier molecular flexibility index (Phi) is 11.7. The Morgan fingerprint density at radius 3 is 2.05 bits per heavy atom. The van der Waals surface area contributed by atoms with E-state index in [-0.39, 0.29) is 42.5 Å². The van der Waals surface area contributed by atoms with Crippen molar-refractivity contribution >= 4 is 35.5 Å². The molecule has 3 aromatic carbocycles. The first kappa shape index (κ1) is 35.6. The molecule has 5 heteroatoms. The van der Waals surface area contributed by atoms with Crippen LogP contribution in [0.15, 0.2) is 72.0 Å². The SMILES string of the molecule is CC(=O)/C(C[Si](C)(C)C)=C(/C)O.CC(C)(C)Cc1cccc2nc(-c3[c-]c4ccccc4c(C(C)(C)C)c3)ccc12.[Ir]. The van der Waals surface area contributed by atoms with Crippen LogP contribution in [0.25, 0.3) is 32.9 Å². The maximum atomic E-state index is 11.1. The van der Waals surface area contributed by atoms with Crippen LogP contribution in [0.3, 0.4) is 0 Å². The second-order valence-corrected chi connectivity index (χ2v) is 20.1. The molecule has 4 rings (SSSR count). The predicted octanol–water partition coefficient (Wildman–Crippen LogP) is 10.5. The van der Waals surface area contributed by atoms with E-state index in [0.717, 1.165) is 34.6 Å². The van der Waals surface area contributed by atoms with Gasteiger partial charge in [-0.1, -0.05) is 115 Å². The van der Waals surface area contributed by atoms with Crippen molar-refractivity contribution in [1.82, 2.24) is 4.98 Å². The van der Waals surface area contributed by atoms with E-state index in [1.54, 1.807) is 6.92 Å². The fourth-order valence-corrected chi connectivity index (χ4v) is 6.69. The third-order valence-corrected chi connectivity index (χ3v) is 8.39. The summed E-state index contributed by atoms with van der Waals surface area (Å²) < 4.78 is 0. The summed E-state index contributed by atoms with van der Waals surface area (Å²) in [4.78, 5) is 16.1. The molecular weight excluding hydrogens is 711 g/mol. The standard InChI is InChI=1S/C28H30N.C9H18O2Si.Ir/c1-27(2,3)18-20-11-9-13-26-23(20)14-15-25(29-26)21-16-19-10-7-8-12-22(19)24(17-21)28(4,5)6;1-7(10)9(8(2)11)6-12(3,4)5;/h7-15,17H,18H2,1-6H3;10H,6H2,1-5H3;/q-1;;/b;9-7-;. The number of fused-ring (bicyclic) bond motifs is 2. The van der Waals surface area contributed by atoms with Crippen LogP contribution in [-0.2, 0) is 36.7 Å². The van der Waals surface area contributed by atoms with E-state index in [9.17, 15) is 9.90 Å². The number of nitrogens with zero attached hydrogens (tertiary/aromatic N) is 1. The number of carbonyl (C=O) groups excluding carboxylic acids is 1. The van der Waals surface area contributed by atoms with Crippen molar-refractivity contribution in [2.75, 3.05) is 0 Å². The number of carbonyl (C=O) groups is 1. The van der Waals surface area contributed by atoms with Crippen LogP contribution in [0, 0.1) is 11.5 Å². The molecule has 0 bridgehead atoms. The zero-order valence-electron chi connectivity index (χ0n) is 27.3. The summed E-state index contributed by atoms with van der Waals surface area (Å²) in [5.74, 6) is 0.183. The number of aromatic nitrogens is 1. The number of hydrogen-bond acceptors (Lipinski definition) is 3. The number of pyridine rings is 1. The van der Waals surface area contributed by atoms with Gasteiger partial charge in [0, 0.05) is 44.8 Å². The molecule has 1 N–H and O–H groups in total. The zero-order chi connectivity index (χ0) is 30.8. The van der Waals surface area contributed by atoms with Crippen LogP contribution < -0.4 is 0 Å². The molecular formula is C37H48IrNO2Si-. The molecule has 0 saturated heterocycles. The summed E-state index contributed by atoms with van der Waals surface area (Å²) in [6.07, 6.45) is 1.04. The van der Waals surface area contributed by atoms with Gasteiger partial charge in [0.15, 0.2) is 5.78 Å². The van der Waals surface area contributed by atoms with E-state index in [0.29, 0.717) is 5.57 Å². The number of rotatable bonds is 5. The van der Waals surface area contributed by atoms with E-state index in [4.69, 9.17) is 4.98 Å². The third kappa shape index (κ3) is 9.72. The summed E-state index contributed by atoms with van der Waals surface area (Å²) in [6.45, 7) is 23.3. The Labute approximate surface area is 268 Å². The van der Waals surface area contributed by atoms with Crippen LogP contribution >= 0.6 is 0 Å². The quantitative estimate of drug-likeness (QED) is 0.0954. The molecule has 227 valence electrons. The van der Waals surface area contributed by atoms with Crippen molar-refractivity contribution in [3.8, 4) is 11.3 Å². The van der Waals surface area contributed by atoms with E-state index in [2.05, 4.69) is 128 Å². The topological polar surface area (TPSA) is 50.2 Å². The monoisotopic (exact) mass is 759 g/mol. The van der Waals surface area contributed by atoms with Gasteiger partial charge < -0.3 is 5.11 Å².